The molecule has 0 radical (unpaired) electrons. The number of nitrogens with zero attached hydrogens (tertiary/aromatic N) is 1. The highest BCUT2D eigenvalue weighted by Gasteiger charge is 2.22. The predicted molar refractivity (Wildman–Crippen MR) is 66.6 cm³/mol. The van der Waals surface area contributed by atoms with Gasteiger partial charge in [0.25, 0.3) is 5.91 Å². The van der Waals surface area contributed by atoms with Gasteiger partial charge in [-0.15, -0.1) is 0 Å². The normalized spacial score (nSPS) is 14.3. The van der Waals surface area contributed by atoms with E-state index in [4.69, 9.17) is 0 Å². The van der Waals surface area contributed by atoms with Crippen LogP contribution < -0.4 is 5.32 Å². The fourth-order valence-electron chi connectivity index (χ4n) is 1.83. The highest BCUT2D eigenvalue weighted by Crippen LogP contribution is 2.15. The second-order valence-electron chi connectivity index (χ2n) is 5.15. The molecule has 0 aliphatic carbocycles. The van der Waals surface area contributed by atoms with Gasteiger partial charge in [0, 0.05) is 12.7 Å². The molecule has 1 rings (SSSR count). The van der Waals surface area contributed by atoms with Crippen LogP contribution in [0.3, 0.4) is 0 Å². The van der Waals surface area contributed by atoms with Crippen LogP contribution in [-0.2, 0) is 0 Å². The number of amides is 1. The Morgan fingerprint density at radius 1 is 1.56 bits per heavy atom. The number of pyridine rings is 1. The Hall–Kier alpha value is -1.49. The summed E-state index contributed by atoms with van der Waals surface area (Å²) in [5.41, 5.74) is -0.672. The first-order chi connectivity index (χ1) is 8.30. The molecule has 1 heterocycles. The summed E-state index contributed by atoms with van der Waals surface area (Å²) >= 11 is 0. The van der Waals surface area contributed by atoms with Crippen molar-refractivity contribution in [2.24, 2.45) is 5.92 Å². The monoisotopic (exact) mass is 254 g/mol. The Morgan fingerprint density at radius 2 is 2.22 bits per heavy atom. The van der Waals surface area contributed by atoms with E-state index < -0.39 is 11.5 Å². The van der Waals surface area contributed by atoms with E-state index in [2.05, 4.69) is 10.3 Å². The zero-order valence-corrected chi connectivity index (χ0v) is 10.9. The Balaban J connectivity index is 2.53. The Labute approximate surface area is 106 Å². The molecule has 1 atom stereocenters. The van der Waals surface area contributed by atoms with Crippen molar-refractivity contribution in [3.05, 3.63) is 29.8 Å². The van der Waals surface area contributed by atoms with Crippen molar-refractivity contribution in [1.82, 2.24) is 10.3 Å². The molecule has 4 nitrogen and oxygen atoms in total. The number of hydrogen-bond donors (Lipinski definition) is 2. The molecule has 1 aromatic heterocycles. The van der Waals surface area contributed by atoms with E-state index in [1.807, 2.05) is 13.8 Å². The molecule has 0 aromatic carbocycles. The number of carbonyl (C=O) groups excluding carboxylic acids is 1. The van der Waals surface area contributed by atoms with Crippen LogP contribution in [0.1, 0.15) is 37.6 Å². The van der Waals surface area contributed by atoms with Gasteiger partial charge in [0.2, 0.25) is 5.95 Å². The van der Waals surface area contributed by atoms with Crippen LogP contribution in [-0.4, -0.2) is 28.1 Å². The minimum absolute atomic E-state index is 0.154. The highest BCUT2D eigenvalue weighted by atomic mass is 19.1. The molecule has 18 heavy (non-hydrogen) atoms. The van der Waals surface area contributed by atoms with Crippen molar-refractivity contribution in [1.29, 1.82) is 0 Å². The van der Waals surface area contributed by atoms with Crippen molar-refractivity contribution in [2.75, 3.05) is 6.54 Å². The molecular formula is C13H19FN2O2. The van der Waals surface area contributed by atoms with E-state index in [1.54, 1.807) is 6.92 Å². The molecule has 1 aromatic rings. The lowest BCUT2D eigenvalue weighted by atomic mass is 9.94. The topological polar surface area (TPSA) is 62.2 Å². The lowest BCUT2D eigenvalue weighted by Crippen LogP contribution is -2.41. The van der Waals surface area contributed by atoms with Gasteiger partial charge in [0.1, 0.15) is 0 Å². The number of halogens is 1. The molecule has 0 spiro atoms. The van der Waals surface area contributed by atoms with E-state index in [0.717, 1.165) is 6.07 Å². The Bertz CT molecular complexity index is 402. The summed E-state index contributed by atoms with van der Waals surface area (Å²) in [5.74, 6) is -0.658. The van der Waals surface area contributed by atoms with Crippen LogP contribution in [0.4, 0.5) is 4.39 Å². The Morgan fingerprint density at radius 3 is 2.72 bits per heavy atom. The fraction of sp³-hybridized carbons (Fsp3) is 0.538. The van der Waals surface area contributed by atoms with Crippen LogP contribution in [0, 0.1) is 11.9 Å². The van der Waals surface area contributed by atoms with E-state index in [-0.39, 0.29) is 18.0 Å². The molecule has 2 N–H and O–H groups in total. The average Bonchev–Trinajstić information content (AvgIpc) is 2.25. The summed E-state index contributed by atoms with van der Waals surface area (Å²) in [6, 6.07) is 2.48. The van der Waals surface area contributed by atoms with E-state index in [1.165, 1.54) is 12.3 Å². The summed E-state index contributed by atoms with van der Waals surface area (Å²) in [6.45, 7) is 5.83. The molecule has 5 heteroatoms. The maximum Gasteiger partial charge on any atom is 0.252 e. The largest absolute Gasteiger partial charge is 0.388 e. The van der Waals surface area contributed by atoms with Crippen molar-refractivity contribution >= 4 is 5.91 Å². The number of aromatic nitrogens is 1. The van der Waals surface area contributed by atoms with Crippen molar-refractivity contribution in [3.8, 4) is 0 Å². The minimum Gasteiger partial charge on any atom is -0.388 e. The van der Waals surface area contributed by atoms with Gasteiger partial charge in [0.15, 0.2) is 0 Å². The van der Waals surface area contributed by atoms with Crippen LogP contribution >= 0.6 is 0 Å². The fourth-order valence-corrected chi connectivity index (χ4v) is 1.83. The van der Waals surface area contributed by atoms with Gasteiger partial charge in [0.05, 0.1) is 11.2 Å². The second kappa shape index (κ2) is 5.91. The first-order valence-corrected chi connectivity index (χ1v) is 5.92. The van der Waals surface area contributed by atoms with Gasteiger partial charge >= 0.3 is 0 Å². The summed E-state index contributed by atoms with van der Waals surface area (Å²) in [7, 11) is 0. The van der Waals surface area contributed by atoms with Gasteiger partial charge in [-0.2, -0.15) is 4.39 Å². The highest BCUT2D eigenvalue weighted by molar-refractivity contribution is 5.93. The standard InChI is InChI=1S/C13H19FN2O2/c1-9(2)6-13(3,18)8-16-12(17)10-4-5-11(14)15-7-10/h4-5,7,9,18H,6,8H2,1-3H3,(H,16,17). The zero-order valence-electron chi connectivity index (χ0n) is 10.9. The van der Waals surface area contributed by atoms with E-state index in [0.29, 0.717) is 12.3 Å². The molecule has 1 amide bonds. The van der Waals surface area contributed by atoms with Crippen LogP contribution in [0.25, 0.3) is 0 Å². The SMILES string of the molecule is CC(C)CC(C)(O)CNC(=O)c1ccc(F)nc1. The summed E-state index contributed by atoms with van der Waals surface area (Å²) < 4.78 is 12.6. The third-order valence-electron chi connectivity index (χ3n) is 2.47. The van der Waals surface area contributed by atoms with Gasteiger partial charge in [-0.3, -0.25) is 4.79 Å². The molecule has 0 saturated carbocycles. The lowest BCUT2D eigenvalue weighted by molar-refractivity contribution is 0.0368. The van der Waals surface area contributed by atoms with Crippen molar-refractivity contribution < 1.29 is 14.3 Å². The van der Waals surface area contributed by atoms with Gasteiger partial charge in [-0.05, 0) is 31.4 Å². The van der Waals surface area contributed by atoms with Crippen LogP contribution in [0.2, 0.25) is 0 Å². The van der Waals surface area contributed by atoms with Crippen molar-refractivity contribution in [3.63, 3.8) is 0 Å². The zero-order chi connectivity index (χ0) is 13.8. The number of aliphatic hydroxyl groups is 1. The van der Waals surface area contributed by atoms with Gasteiger partial charge in [-0.25, -0.2) is 4.98 Å². The first kappa shape index (κ1) is 14.6. The van der Waals surface area contributed by atoms with Crippen LogP contribution in [0.5, 0.6) is 0 Å². The number of rotatable bonds is 5. The lowest BCUT2D eigenvalue weighted by Gasteiger charge is -2.25. The molecule has 0 saturated heterocycles. The summed E-state index contributed by atoms with van der Waals surface area (Å²) in [5, 5.41) is 12.6. The second-order valence-corrected chi connectivity index (χ2v) is 5.15. The predicted octanol–water partition coefficient (Wildman–Crippen LogP) is 1.75. The van der Waals surface area contributed by atoms with E-state index >= 15 is 0 Å². The van der Waals surface area contributed by atoms with E-state index in [9.17, 15) is 14.3 Å². The molecule has 0 fully saturated rings. The number of hydrogen-bond acceptors (Lipinski definition) is 3. The first-order valence-electron chi connectivity index (χ1n) is 5.92. The molecule has 0 aliphatic rings. The summed E-state index contributed by atoms with van der Waals surface area (Å²) in [4.78, 5) is 15.1. The molecule has 0 bridgehead atoms. The summed E-state index contributed by atoms with van der Waals surface area (Å²) in [6.07, 6.45) is 1.76. The minimum atomic E-state index is -0.947. The van der Waals surface area contributed by atoms with Gasteiger partial charge < -0.3 is 10.4 Å². The molecule has 1 unspecified atom stereocenters. The smallest absolute Gasteiger partial charge is 0.252 e. The quantitative estimate of drug-likeness (QED) is 0.787. The molecule has 0 aliphatic heterocycles. The van der Waals surface area contributed by atoms with Crippen molar-refractivity contribution in [2.45, 2.75) is 32.8 Å². The molecular weight excluding hydrogens is 235 g/mol. The van der Waals surface area contributed by atoms with Crippen LogP contribution in [0.15, 0.2) is 18.3 Å². The van der Waals surface area contributed by atoms with Gasteiger partial charge in [-0.1, -0.05) is 13.8 Å². The number of carbonyl (C=O) groups is 1. The average molecular weight is 254 g/mol. The maximum absolute atomic E-state index is 12.6. The number of nitrogens with one attached hydrogen (secondary N) is 1. The third-order valence-corrected chi connectivity index (χ3v) is 2.47. The molecule has 100 valence electrons. The Kier molecular flexibility index (Phi) is 4.78. The maximum atomic E-state index is 12.6. The third kappa shape index (κ3) is 4.79.